The van der Waals surface area contributed by atoms with E-state index in [1.807, 2.05) is 47.4 Å². The fraction of sp³-hybridized carbons (Fsp3) is 0.300. The van der Waals surface area contributed by atoms with Gasteiger partial charge >= 0.3 is 12.0 Å². The van der Waals surface area contributed by atoms with Gasteiger partial charge in [0.2, 0.25) is 0 Å². The van der Waals surface area contributed by atoms with Crippen LogP contribution in [0.2, 0.25) is 5.02 Å². The lowest BCUT2D eigenvalue weighted by molar-refractivity contribution is -0.148. The first-order chi connectivity index (χ1) is 13.1. The number of hydrogen-bond acceptors (Lipinski definition) is 4. The zero-order valence-electron chi connectivity index (χ0n) is 15.1. The highest BCUT2D eigenvalue weighted by atomic mass is 35.5. The summed E-state index contributed by atoms with van der Waals surface area (Å²) in [6, 6.07) is 15.9. The van der Waals surface area contributed by atoms with E-state index < -0.39 is 6.04 Å². The predicted octanol–water partition coefficient (Wildman–Crippen LogP) is 3.40. The standard InChI is InChI=1S/C20H22ClN3O3/c1-27-19(25)18(15-7-9-16(21)10-8-15)23-11-13-24(14-12-23)20(26)22-17-5-3-2-4-6-17/h2-10,18H,11-14H2,1H3,(H,22,26)/t18-/m0/s1. The summed E-state index contributed by atoms with van der Waals surface area (Å²) in [6.07, 6.45) is 0. The summed E-state index contributed by atoms with van der Waals surface area (Å²) in [4.78, 5) is 28.6. The zero-order valence-corrected chi connectivity index (χ0v) is 15.9. The molecule has 0 bridgehead atoms. The first kappa shape index (κ1) is 19.2. The van der Waals surface area contributed by atoms with E-state index in [1.165, 1.54) is 7.11 Å². The van der Waals surface area contributed by atoms with Gasteiger partial charge in [-0.15, -0.1) is 0 Å². The smallest absolute Gasteiger partial charge is 0.327 e. The molecule has 2 aromatic rings. The Bertz CT molecular complexity index is 775. The molecule has 2 aromatic carbocycles. The van der Waals surface area contributed by atoms with Crippen molar-refractivity contribution in [2.75, 3.05) is 38.6 Å². The third-order valence-corrected chi connectivity index (χ3v) is 4.85. The van der Waals surface area contributed by atoms with Crippen LogP contribution < -0.4 is 5.32 Å². The first-order valence-corrected chi connectivity index (χ1v) is 9.14. The second-order valence-corrected chi connectivity index (χ2v) is 6.73. The van der Waals surface area contributed by atoms with E-state index in [-0.39, 0.29) is 12.0 Å². The Balaban J connectivity index is 1.64. The van der Waals surface area contributed by atoms with Crippen LogP contribution in [0.25, 0.3) is 0 Å². The maximum absolute atomic E-state index is 12.4. The van der Waals surface area contributed by atoms with E-state index >= 15 is 0 Å². The van der Waals surface area contributed by atoms with Gasteiger partial charge in [-0.3, -0.25) is 4.90 Å². The molecule has 7 heteroatoms. The largest absolute Gasteiger partial charge is 0.468 e. The first-order valence-electron chi connectivity index (χ1n) is 8.77. The number of rotatable bonds is 4. The number of carbonyl (C=O) groups excluding carboxylic acids is 2. The monoisotopic (exact) mass is 387 g/mol. The molecule has 0 spiro atoms. The van der Waals surface area contributed by atoms with Crippen molar-refractivity contribution in [1.29, 1.82) is 0 Å². The number of ether oxygens (including phenoxy) is 1. The van der Waals surface area contributed by atoms with Crippen LogP contribution in [-0.2, 0) is 9.53 Å². The Morgan fingerprint density at radius 1 is 1.00 bits per heavy atom. The number of carbonyl (C=O) groups is 2. The number of anilines is 1. The average Bonchev–Trinajstić information content (AvgIpc) is 2.70. The fourth-order valence-electron chi connectivity index (χ4n) is 3.16. The van der Waals surface area contributed by atoms with Gasteiger partial charge in [0.1, 0.15) is 6.04 Å². The SMILES string of the molecule is COC(=O)[C@H](c1ccc(Cl)cc1)N1CCN(C(=O)Nc2ccccc2)CC1. The summed E-state index contributed by atoms with van der Waals surface area (Å²) in [5.74, 6) is -0.320. The number of methoxy groups -OCH3 is 1. The third-order valence-electron chi connectivity index (χ3n) is 4.60. The van der Waals surface area contributed by atoms with Gasteiger partial charge < -0.3 is 15.0 Å². The lowest BCUT2D eigenvalue weighted by atomic mass is 10.0. The highest BCUT2D eigenvalue weighted by Gasteiger charge is 2.32. The molecule has 1 N–H and O–H groups in total. The Hall–Kier alpha value is -2.57. The topological polar surface area (TPSA) is 61.9 Å². The number of para-hydroxylation sites is 1. The van der Waals surface area contributed by atoms with Gasteiger partial charge in [-0.2, -0.15) is 0 Å². The van der Waals surface area contributed by atoms with Crippen LogP contribution >= 0.6 is 11.6 Å². The number of piperazine rings is 1. The van der Waals surface area contributed by atoms with E-state index in [9.17, 15) is 9.59 Å². The Morgan fingerprint density at radius 2 is 1.63 bits per heavy atom. The Kier molecular flexibility index (Phi) is 6.32. The van der Waals surface area contributed by atoms with Crippen molar-refractivity contribution >= 4 is 29.3 Å². The second kappa shape index (κ2) is 8.88. The molecule has 0 aromatic heterocycles. The van der Waals surface area contributed by atoms with Gasteiger partial charge in [0.05, 0.1) is 7.11 Å². The summed E-state index contributed by atoms with van der Waals surface area (Å²) >= 11 is 5.96. The summed E-state index contributed by atoms with van der Waals surface area (Å²) in [5, 5.41) is 3.51. The summed E-state index contributed by atoms with van der Waals surface area (Å²) in [7, 11) is 1.38. The number of halogens is 1. The number of amides is 2. The molecule has 0 unspecified atom stereocenters. The quantitative estimate of drug-likeness (QED) is 0.817. The van der Waals surface area contributed by atoms with Gasteiger partial charge in [0.15, 0.2) is 0 Å². The van der Waals surface area contributed by atoms with Crippen LogP contribution in [-0.4, -0.2) is 55.1 Å². The van der Waals surface area contributed by atoms with E-state index in [2.05, 4.69) is 5.32 Å². The molecule has 1 aliphatic rings. The van der Waals surface area contributed by atoms with Crippen LogP contribution in [0.4, 0.5) is 10.5 Å². The van der Waals surface area contributed by atoms with Crippen LogP contribution in [0.1, 0.15) is 11.6 Å². The van der Waals surface area contributed by atoms with Gasteiger partial charge in [-0.05, 0) is 29.8 Å². The van der Waals surface area contributed by atoms with Crippen LogP contribution in [0.15, 0.2) is 54.6 Å². The summed E-state index contributed by atoms with van der Waals surface area (Å²) in [6.45, 7) is 2.20. The van der Waals surface area contributed by atoms with Crippen molar-refractivity contribution < 1.29 is 14.3 Å². The molecular formula is C20H22ClN3O3. The molecule has 0 aliphatic carbocycles. The fourth-order valence-corrected chi connectivity index (χ4v) is 3.29. The molecule has 3 rings (SSSR count). The lowest BCUT2D eigenvalue weighted by Crippen LogP contribution is -2.52. The number of nitrogens with zero attached hydrogens (tertiary/aromatic N) is 2. The Morgan fingerprint density at radius 3 is 2.22 bits per heavy atom. The van der Waals surface area contributed by atoms with E-state index in [0.29, 0.717) is 31.2 Å². The molecular weight excluding hydrogens is 366 g/mol. The minimum atomic E-state index is -0.508. The molecule has 0 saturated carbocycles. The van der Waals surface area contributed by atoms with Gasteiger partial charge in [0, 0.05) is 36.9 Å². The maximum Gasteiger partial charge on any atom is 0.327 e. The maximum atomic E-state index is 12.4. The molecule has 1 heterocycles. The molecule has 1 fully saturated rings. The van der Waals surface area contributed by atoms with Crippen molar-refractivity contribution in [3.05, 3.63) is 65.2 Å². The second-order valence-electron chi connectivity index (χ2n) is 6.30. The van der Waals surface area contributed by atoms with Crippen molar-refractivity contribution in [1.82, 2.24) is 9.80 Å². The molecule has 1 atom stereocenters. The van der Waals surface area contributed by atoms with E-state index in [1.54, 1.807) is 17.0 Å². The molecule has 0 radical (unpaired) electrons. The van der Waals surface area contributed by atoms with Crippen molar-refractivity contribution in [2.24, 2.45) is 0 Å². The predicted molar refractivity (Wildman–Crippen MR) is 105 cm³/mol. The lowest BCUT2D eigenvalue weighted by Gasteiger charge is -2.38. The Labute approximate surface area is 163 Å². The van der Waals surface area contributed by atoms with Crippen molar-refractivity contribution in [3.8, 4) is 0 Å². The van der Waals surface area contributed by atoms with Gasteiger partial charge in [0.25, 0.3) is 0 Å². The number of esters is 1. The molecule has 2 amide bonds. The van der Waals surface area contributed by atoms with Crippen LogP contribution in [0, 0.1) is 0 Å². The molecule has 27 heavy (non-hydrogen) atoms. The van der Waals surface area contributed by atoms with Crippen molar-refractivity contribution in [2.45, 2.75) is 6.04 Å². The zero-order chi connectivity index (χ0) is 19.2. The van der Waals surface area contributed by atoms with Gasteiger partial charge in [-0.25, -0.2) is 9.59 Å². The summed E-state index contributed by atoms with van der Waals surface area (Å²) in [5.41, 5.74) is 1.59. The van der Waals surface area contributed by atoms with Crippen molar-refractivity contribution in [3.63, 3.8) is 0 Å². The van der Waals surface area contributed by atoms with Gasteiger partial charge in [-0.1, -0.05) is 41.9 Å². The normalized spacial score (nSPS) is 15.9. The van der Waals surface area contributed by atoms with Crippen LogP contribution in [0.5, 0.6) is 0 Å². The minimum Gasteiger partial charge on any atom is -0.468 e. The van der Waals surface area contributed by atoms with E-state index in [0.717, 1.165) is 11.3 Å². The molecule has 142 valence electrons. The highest BCUT2D eigenvalue weighted by Crippen LogP contribution is 2.25. The number of benzene rings is 2. The molecule has 1 aliphatic heterocycles. The van der Waals surface area contributed by atoms with Crippen LogP contribution in [0.3, 0.4) is 0 Å². The minimum absolute atomic E-state index is 0.137. The van der Waals surface area contributed by atoms with E-state index in [4.69, 9.17) is 16.3 Å². The third kappa shape index (κ3) is 4.78. The molecule has 6 nitrogen and oxygen atoms in total. The number of hydrogen-bond donors (Lipinski definition) is 1. The highest BCUT2D eigenvalue weighted by molar-refractivity contribution is 6.30. The number of urea groups is 1. The number of nitrogens with one attached hydrogen (secondary N) is 1. The molecule has 1 saturated heterocycles. The average molecular weight is 388 g/mol. The summed E-state index contributed by atoms with van der Waals surface area (Å²) < 4.78 is 5.00.